The number of carboxylic acid groups (broad SMARTS) is 1. The van der Waals surface area contributed by atoms with Gasteiger partial charge in [0.15, 0.2) is 11.6 Å². The monoisotopic (exact) mass is 504 g/mol. The molecule has 0 saturated heterocycles. The molecule has 0 aliphatic heterocycles. The molecule has 11 heteroatoms. The number of hydrogen-bond acceptors (Lipinski definition) is 6. The van der Waals surface area contributed by atoms with E-state index < -0.39 is 23.4 Å². The number of aromatic nitrogens is 2. The van der Waals surface area contributed by atoms with Gasteiger partial charge in [-0.1, -0.05) is 5.10 Å². The summed E-state index contributed by atoms with van der Waals surface area (Å²) in [6, 6.07) is 6.21. The van der Waals surface area contributed by atoms with E-state index in [0.29, 0.717) is 3.57 Å². The standard InChI is InChI=1S/C17H12F3IN4O3/c18-10-3-2-9(16-24-25-17(28-16)22-6-5-13(26)27)15(14(10)20)23-12-4-1-8(21)7-11(12)19/h1-4,7,23H,5-6H2,(H,22,25)(H,26,27). The van der Waals surface area contributed by atoms with Gasteiger partial charge < -0.3 is 20.2 Å². The maximum atomic E-state index is 14.4. The van der Waals surface area contributed by atoms with Gasteiger partial charge in [0, 0.05) is 10.1 Å². The quantitative estimate of drug-likeness (QED) is 0.411. The molecule has 0 bridgehead atoms. The number of carboxylic acids is 1. The third kappa shape index (κ3) is 4.52. The van der Waals surface area contributed by atoms with Crippen molar-refractivity contribution in [2.24, 2.45) is 0 Å². The Bertz CT molecular complexity index is 1030. The number of hydrogen-bond donors (Lipinski definition) is 3. The van der Waals surface area contributed by atoms with Crippen molar-refractivity contribution in [3.8, 4) is 11.5 Å². The lowest BCUT2D eigenvalue weighted by Gasteiger charge is -2.12. The highest BCUT2D eigenvalue weighted by atomic mass is 127. The Labute approximate surface area is 170 Å². The van der Waals surface area contributed by atoms with Gasteiger partial charge >= 0.3 is 12.0 Å². The van der Waals surface area contributed by atoms with Crippen LogP contribution in [0.1, 0.15) is 6.42 Å². The smallest absolute Gasteiger partial charge is 0.315 e. The molecular formula is C17H12F3IN4O3. The summed E-state index contributed by atoms with van der Waals surface area (Å²) < 4.78 is 48.2. The summed E-state index contributed by atoms with van der Waals surface area (Å²) in [5.74, 6) is -4.21. The van der Waals surface area contributed by atoms with E-state index in [4.69, 9.17) is 9.52 Å². The SMILES string of the molecule is O=C(O)CCNc1nnc(-c2ccc(F)c(F)c2Nc2ccc(I)cc2F)o1. The minimum absolute atomic E-state index is 0.00985. The molecule has 0 saturated carbocycles. The zero-order valence-electron chi connectivity index (χ0n) is 14.0. The van der Waals surface area contributed by atoms with Crippen LogP contribution in [0.3, 0.4) is 0 Å². The summed E-state index contributed by atoms with van der Waals surface area (Å²) in [6.45, 7) is 0.0354. The highest BCUT2D eigenvalue weighted by Gasteiger charge is 2.20. The van der Waals surface area contributed by atoms with Crippen LogP contribution in [0.15, 0.2) is 34.7 Å². The van der Waals surface area contributed by atoms with Gasteiger partial charge in [0.2, 0.25) is 0 Å². The minimum Gasteiger partial charge on any atom is -0.481 e. The largest absolute Gasteiger partial charge is 0.481 e. The number of nitrogens with one attached hydrogen (secondary N) is 2. The lowest BCUT2D eigenvalue weighted by Crippen LogP contribution is -2.07. The zero-order valence-corrected chi connectivity index (χ0v) is 16.1. The molecule has 7 nitrogen and oxygen atoms in total. The summed E-state index contributed by atoms with van der Waals surface area (Å²) in [5, 5.41) is 21.2. The number of anilines is 3. The molecule has 146 valence electrons. The van der Waals surface area contributed by atoms with E-state index in [0.717, 1.165) is 6.07 Å². The summed E-state index contributed by atoms with van der Waals surface area (Å²) >= 11 is 1.92. The highest BCUT2D eigenvalue weighted by Crippen LogP contribution is 2.34. The van der Waals surface area contributed by atoms with Crippen LogP contribution in [-0.4, -0.2) is 27.8 Å². The Hall–Kier alpha value is -2.83. The van der Waals surface area contributed by atoms with Crippen LogP contribution >= 0.6 is 22.6 Å². The summed E-state index contributed by atoms with van der Waals surface area (Å²) in [4.78, 5) is 10.5. The molecule has 0 atom stereocenters. The fraction of sp³-hybridized carbons (Fsp3) is 0.118. The molecule has 1 heterocycles. The Kier molecular flexibility index (Phi) is 6.02. The first-order valence-corrected chi connectivity index (χ1v) is 8.92. The second-order valence-corrected chi connectivity index (χ2v) is 6.76. The van der Waals surface area contributed by atoms with E-state index in [1.807, 2.05) is 22.6 Å². The van der Waals surface area contributed by atoms with Gasteiger partial charge in [-0.05, 0) is 52.9 Å². The summed E-state index contributed by atoms with van der Waals surface area (Å²) in [7, 11) is 0. The van der Waals surface area contributed by atoms with E-state index >= 15 is 0 Å². The molecule has 0 spiro atoms. The molecule has 3 aromatic rings. The lowest BCUT2D eigenvalue weighted by atomic mass is 10.1. The predicted octanol–water partition coefficient (Wildman–Crippen LogP) is 4.39. The Morgan fingerprint density at radius 1 is 1.14 bits per heavy atom. The Morgan fingerprint density at radius 2 is 1.93 bits per heavy atom. The van der Waals surface area contributed by atoms with Crippen LogP contribution in [0.5, 0.6) is 0 Å². The van der Waals surface area contributed by atoms with Gasteiger partial charge in [-0.2, -0.15) is 0 Å². The van der Waals surface area contributed by atoms with Crippen molar-refractivity contribution >= 4 is 45.9 Å². The van der Waals surface area contributed by atoms with Crippen molar-refractivity contribution in [1.82, 2.24) is 10.2 Å². The molecule has 28 heavy (non-hydrogen) atoms. The van der Waals surface area contributed by atoms with Crippen LogP contribution in [0.2, 0.25) is 0 Å². The van der Waals surface area contributed by atoms with Gasteiger partial charge in [0.25, 0.3) is 5.89 Å². The normalized spacial score (nSPS) is 10.7. The van der Waals surface area contributed by atoms with Crippen LogP contribution in [0, 0.1) is 21.0 Å². The Balaban J connectivity index is 1.93. The molecule has 0 aliphatic carbocycles. The first kappa shape index (κ1) is 19.9. The van der Waals surface area contributed by atoms with Gasteiger partial charge in [-0.3, -0.25) is 4.79 Å². The number of halogens is 4. The maximum absolute atomic E-state index is 14.4. The number of carbonyl (C=O) groups is 1. The fourth-order valence-corrected chi connectivity index (χ4v) is 2.71. The van der Waals surface area contributed by atoms with Crippen LogP contribution in [-0.2, 0) is 4.79 Å². The maximum Gasteiger partial charge on any atom is 0.315 e. The number of rotatable bonds is 7. The second kappa shape index (κ2) is 8.46. The van der Waals surface area contributed by atoms with Crippen LogP contribution in [0.4, 0.5) is 30.6 Å². The molecule has 0 amide bonds. The predicted molar refractivity (Wildman–Crippen MR) is 103 cm³/mol. The number of benzene rings is 2. The summed E-state index contributed by atoms with van der Waals surface area (Å²) in [5.41, 5.74) is -0.429. The average Bonchev–Trinajstić information content (AvgIpc) is 3.09. The molecular weight excluding hydrogens is 492 g/mol. The Morgan fingerprint density at radius 3 is 2.64 bits per heavy atom. The molecule has 3 N–H and O–H groups in total. The first-order chi connectivity index (χ1) is 13.3. The molecule has 0 aliphatic rings. The van der Waals surface area contributed by atoms with E-state index in [2.05, 4.69) is 20.8 Å². The first-order valence-electron chi connectivity index (χ1n) is 7.84. The van der Waals surface area contributed by atoms with Crippen molar-refractivity contribution < 1.29 is 27.5 Å². The van der Waals surface area contributed by atoms with Gasteiger partial charge in [0.1, 0.15) is 5.82 Å². The van der Waals surface area contributed by atoms with E-state index in [1.165, 1.54) is 18.2 Å². The van der Waals surface area contributed by atoms with E-state index in [9.17, 15) is 18.0 Å². The van der Waals surface area contributed by atoms with Gasteiger partial charge in [-0.15, -0.1) is 5.10 Å². The molecule has 0 fully saturated rings. The number of nitrogens with zero attached hydrogens (tertiary/aromatic N) is 2. The molecule has 2 aromatic carbocycles. The van der Waals surface area contributed by atoms with Gasteiger partial charge in [-0.25, -0.2) is 13.2 Å². The second-order valence-electron chi connectivity index (χ2n) is 5.52. The van der Waals surface area contributed by atoms with Crippen LogP contribution in [0.25, 0.3) is 11.5 Å². The zero-order chi connectivity index (χ0) is 20.3. The molecule has 0 radical (unpaired) electrons. The lowest BCUT2D eigenvalue weighted by molar-refractivity contribution is -0.136. The number of aliphatic carboxylic acids is 1. The van der Waals surface area contributed by atoms with Crippen molar-refractivity contribution in [3.63, 3.8) is 0 Å². The third-order valence-corrected chi connectivity index (χ3v) is 4.23. The van der Waals surface area contributed by atoms with Crippen LogP contribution < -0.4 is 10.6 Å². The van der Waals surface area contributed by atoms with E-state index in [1.54, 1.807) is 6.07 Å². The summed E-state index contributed by atoms with van der Waals surface area (Å²) in [6.07, 6.45) is -0.179. The fourth-order valence-electron chi connectivity index (χ4n) is 2.26. The third-order valence-electron chi connectivity index (χ3n) is 3.56. The van der Waals surface area contributed by atoms with E-state index in [-0.39, 0.29) is 41.8 Å². The molecule has 0 unspecified atom stereocenters. The molecule has 3 rings (SSSR count). The van der Waals surface area contributed by atoms with Crippen molar-refractivity contribution in [2.45, 2.75) is 6.42 Å². The van der Waals surface area contributed by atoms with Crippen molar-refractivity contribution in [1.29, 1.82) is 0 Å². The van der Waals surface area contributed by atoms with Gasteiger partial charge in [0.05, 0.1) is 23.4 Å². The highest BCUT2D eigenvalue weighted by molar-refractivity contribution is 14.1. The molecule has 1 aromatic heterocycles. The van der Waals surface area contributed by atoms with Crippen molar-refractivity contribution in [2.75, 3.05) is 17.2 Å². The average molecular weight is 504 g/mol. The minimum atomic E-state index is -1.24. The van der Waals surface area contributed by atoms with Crippen molar-refractivity contribution in [3.05, 3.63) is 51.4 Å². The topological polar surface area (TPSA) is 100 Å².